The number of carbonyl (C=O) groups excluding carboxylic acids is 1. The Morgan fingerprint density at radius 1 is 1.18 bits per heavy atom. The molecular formula is C19H19NO2. The zero-order valence-electron chi connectivity index (χ0n) is 12.8. The SMILES string of the molecule is C#Cc1cccc(N(C(=O)OCc2ccccc2)C(C)C)c1. The van der Waals surface area contributed by atoms with Crippen molar-refractivity contribution in [3.8, 4) is 12.3 Å². The summed E-state index contributed by atoms with van der Waals surface area (Å²) < 4.78 is 5.41. The number of anilines is 1. The first-order valence-electron chi connectivity index (χ1n) is 7.18. The molecule has 0 aliphatic heterocycles. The third-order valence-corrected chi connectivity index (χ3v) is 3.21. The monoisotopic (exact) mass is 293 g/mol. The van der Waals surface area contributed by atoms with Crippen LogP contribution in [-0.2, 0) is 11.3 Å². The lowest BCUT2D eigenvalue weighted by Crippen LogP contribution is -2.37. The molecule has 112 valence electrons. The molecule has 0 bridgehead atoms. The maximum atomic E-state index is 12.4. The average molecular weight is 293 g/mol. The van der Waals surface area contributed by atoms with Crippen LogP contribution in [-0.4, -0.2) is 12.1 Å². The molecule has 3 heteroatoms. The summed E-state index contributed by atoms with van der Waals surface area (Å²) in [6, 6.07) is 16.9. The van der Waals surface area contributed by atoms with E-state index >= 15 is 0 Å². The third kappa shape index (κ3) is 3.89. The van der Waals surface area contributed by atoms with Crippen LogP contribution in [0.2, 0.25) is 0 Å². The van der Waals surface area contributed by atoms with Crippen molar-refractivity contribution in [2.75, 3.05) is 4.90 Å². The lowest BCUT2D eigenvalue weighted by atomic mass is 10.2. The van der Waals surface area contributed by atoms with E-state index in [9.17, 15) is 4.79 Å². The first-order valence-corrected chi connectivity index (χ1v) is 7.18. The summed E-state index contributed by atoms with van der Waals surface area (Å²) in [6.45, 7) is 4.12. The predicted molar refractivity (Wildman–Crippen MR) is 88.6 cm³/mol. The Morgan fingerprint density at radius 3 is 2.55 bits per heavy atom. The maximum absolute atomic E-state index is 12.4. The zero-order valence-corrected chi connectivity index (χ0v) is 12.8. The van der Waals surface area contributed by atoms with Crippen LogP contribution >= 0.6 is 0 Å². The predicted octanol–water partition coefficient (Wildman–Crippen LogP) is 4.22. The van der Waals surface area contributed by atoms with E-state index in [2.05, 4.69) is 5.92 Å². The van der Waals surface area contributed by atoms with Crippen LogP contribution in [0, 0.1) is 12.3 Å². The number of amides is 1. The molecule has 1 amide bonds. The smallest absolute Gasteiger partial charge is 0.414 e. The molecule has 2 aromatic carbocycles. The molecular weight excluding hydrogens is 274 g/mol. The molecule has 3 nitrogen and oxygen atoms in total. The Kier molecular flexibility index (Phi) is 5.21. The number of benzene rings is 2. The topological polar surface area (TPSA) is 29.5 Å². The highest BCUT2D eigenvalue weighted by atomic mass is 16.6. The van der Waals surface area contributed by atoms with Crippen molar-refractivity contribution in [3.05, 3.63) is 65.7 Å². The van der Waals surface area contributed by atoms with Crippen molar-refractivity contribution in [2.45, 2.75) is 26.5 Å². The highest BCUT2D eigenvalue weighted by molar-refractivity contribution is 5.88. The van der Waals surface area contributed by atoms with Gasteiger partial charge in [-0.05, 0) is 37.6 Å². The van der Waals surface area contributed by atoms with Gasteiger partial charge in [-0.15, -0.1) is 6.42 Å². The number of terminal acetylenes is 1. The molecule has 0 heterocycles. The molecule has 0 saturated heterocycles. The van der Waals surface area contributed by atoms with Crippen molar-refractivity contribution in [3.63, 3.8) is 0 Å². The molecule has 0 spiro atoms. The molecule has 2 rings (SSSR count). The lowest BCUT2D eigenvalue weighted by molar-refractivity contribution is 0.145. The van der Waals surface area contributed by atoms with Gasteiger partial charge < -0.3 is 4.74 Å². The van der Waals surface area contributed by atoms with Gasteiger partial charge in [0.25, 0.3) is 0 Å². The van der Waals surface area contributed by atoms with E-state index in [4.69, 9.17) is 11.2 Å². The Balaban J connectivity index is 2.13. The van der Waals surface area contributed by atoms with Gasteiger partial charge in [-0.2, -0.15) is 0 Å². The van der Waals surface area contributed by atoms with Crippen LogP contribution in [0.1, 0.15) is 25.0 Å². The highest BCUT2D eigenvalue weighted by Gasteiger charge is 2.20. The molecule has 0 aromatic heterocycles. The van der Waals surface area contributed by atoms with Gasteiger partial charge in [0.05, 0.1) is 0 Å². The van der Waals surface area contributed by atoms with Crippen molar-refractivity contribution in [1.82, 2.24) is 0 Å². The van der Waals surface area contributed by atoms with Crippen LogP contribution < -0.4 is 4.90 Å². The number of ether oxygens (including phenoxy) is 1. The molecule has 0 N–H and O–H groups in total. The summed E-state index contributed by atoms with van der Waals surface area (Å²) in [6.07, 6.45) is 5.04. The Labute approximate surface area is 131 Å². The molecule has 22 heavy (non-hydrogen) atoms. The van der Waals surface area contributed by atoms with Gasteiger partial charge >= 0.3 is 6.09 Å². The number of hydrogen-bond acceptors (Lipinski definition) is 2. The highest BCUT2D eigenvalue weighted by Crippen LogP contribution is 2.20. The molecule has 2 aromatic rings. The van der Waals surface area contributed by atoms with Gasteiger partial charge in [-0.3, -0.25) is 4.90 Å². The van der Waals surface area contributed by atoms with Gasteiger partial charge in [0, 0.05) is 17.3 Å². The fraction of sp³-hybridized carbons (Fsp3) is 0.211. The molecule has 0 radical (unpaired) electrons. The van der Waals surface area contributed by atoms with E-state index in [1.54, 1.807) is 4.90 Å². The minimum absolute atomic E-state index is 0.0312. The Morgan fingerprint density at radius 2 is 1.91 bits per heavy atom. The quantitative estimate of drug-likeness (QED) is 0.790. The second kappa shape index (κ2) is 7.33. The molecule has 0 saturated carbocycles. The second-order valence-corrected chi connectivity index (χ2v) is 5.20. The minimum Gasteiger partial charge on any atom is -0.444 e. The first-order chi connectivity index (χ1) is 10.6. The summed E-state index contributed by atoms with van der Waals surface area (Å²) in [5, 5.41) is 0. The summed E-state index contributed by atoms with van der Waals surface area (Å²) in [4.78, 5) is 14.0. The third-order valence-electron chi connectivity index (χ3n) is 3.21. The van der Waals surface area contributed by atoms with Crippen molar-refractivity contribution >= 4 is 11.8 Å². The van der Waals surface area contributed by atoms with E-state index in [0.717, 1.165) is 16.8 Å². The van der Waals surface area contributed by atoms with E-state index in [1.165, 1.54) is 0 Å². The van der Waals surface area contributed by atoms with Crippen molar-refractivity contribution in [1.29, 1.82) is 0 Å². The summed E-state index contributed by atoms with van der Waals surface area (Å²) in [7, 11) is 0. The molecule has 0 aliphatic rings. The first kappa shape index (κ1) is 15.7. The average Bonchev–Trinajstić information content (AvgIpc) is 2.54. The van der Waals surface area contributed by atoms with E-state index in [1.807, 2.05) is 68.4 Å². The van der Waals surface area contributed by atoms with Crippen LogP contribution in [0.15, 0.2) is 54.6 Å². The summed E-state index contributed by atoms with van der Waals surface area (Å²) >= 11 is 0. The molecule has 0 atom stereocenters. The normalized spacial score (nSPS) is 10.1. The van der Waals surface area contributed by atoms with Gasteiger partial charge in [0.15, 0.2) is 0 Å². The van der Waals surface area contributed by atoms with Crippen molar-refractivity contribution in [2.24, 2.45) is 0 Å². The number of carbonyl (C=O) groups is 1. The number of nitrogens with zero attached hydrogens (tertiary/aromatic N) is 1. The number of rotatable bonds is 4. The largest absolute Gasteiger partial charge is 0.444 e. The second-order valence-electron chi connectivity index (χ2n) is 5.20. The minimum atomic E-state index is -0.381. The fourth-order valence-corrected chi connectivity index (χ4v) is 2.15. The molecule has 0 unspecified atom stereocenters. The van der Waals surface area contributed by atoms with E-state index in [-0.39, 0.29) is 18.7 Å². The summed E-state index contributed by atoms with van der Waals surface area (Å²) in [5.41, 5.74) is 2.43. The standard InChI is InChI=1S/C19H19NO2/c1-4-16-11-8-12-18(13-16)20(15(2)3)19(21)22-14-17-9-6-5-7-10-17/h1,5-13,15H,14H2,2-3H3. The lowest BCUT2D eigenvalue weighted by Gasteiger charge is -2.26. The Bertz CT molecular complexity index is 671. The van der Waals surface area contributed by atoms with E-state index in [0.29, 0.717) is 0 Å². The number of hydrogen-bond donors (Lipinski definition) is 0. The van der Waals surface area contributed by atoms with Crippen LogP contribution in [0.25, 0.3) is 0 Å². The van der Waals surface area contributed by atoms with Gasteiger partial charge in [-0.1, -0.05) is 42.3 Å². The Hall–Kier alpha value is -2.73. The van der Waals surface area contributed by atoms with Crippen molar-refractivity contribution < 1.29 is 9.53 Å². The van der Waals surface area contributed by atoms with Gasteiger partial charge in [-0.25, -0.2) is 4.79 Å². The van der Waals surface area contributed by atoms with Crippen LogP contribution in [0.4, 0.5) is 10.5 Å². The van der Waals surface area contributed by atoms with Crippen LogP contribution in [0.3, 0.4) is 0 Å². The van der Waals surface area contributed by atoms with Crippen LogP contribution in [0.5, 0.6) is 0 Å². The molecule has 0 fully saturated rings. The summed E-state index contributed by atoms with van der Waals surface area (Å²) in [5.74, 6) is 2.58. The van der Waals surface area contributed by atoms with Gasteiger partial charge in [0.1, 0.15) is 6.61 Å². The fourth-order valence-electron chi connectivity index (χ4n) is 2.15. The van der Waals surface area contributed by atoms with E-state index < -0.39 is 0 Å². The zero-order chi connectivity index (χ0) is 15.9. The van der Waals surface area contributed by atoms with Gasteiger partial charge in [0.2, 0.25) is 0 Å². The maximum Gasteiger partial charge on any atom is 0.414 e. The molecule has 0 aliphatic carbocycles.